The van der Waals surface area contributed by atoms with Crippen molar-refractivity contribution < 1.29 is 9.59 Å². The van der Waals surface area contributed by atoms with Gasteiger partial charge in [-0.15, -0.1) is 0 Å². The molecule has 0 radical (unpaired) electrons. The van der Waals surface area contributed by atoms with Gasteiger partial charge in [-0.25, -0.2) is 4.68 Å². The number of nitrogens with zero attached hydrogens (tertiary/aromatic N) is 3. The highest BCUT2D eigenvalue weighted by molar-refractivity contribution is 6.30. The summed E-state index contributed by atoms with van der Waals surface area (Å²) >= 11 is 5.93. The molecule has 1 atom stereocenters. The van der Waals surface area contributed by atoms with E-state index in [-0.39, 0.29) is 17.7 Å². The highest BCUT2D eigenvalue weighted by Crippen LogP contribution is 2.24. The normalized spacial score (nSPS) is 17.4. The second kappa shape index (κ2) is 8.35. The summed E-state index contributed by atoms with van der Waals surface area (Å²) in [4.78, 5) is 27.2. The van der Waals surface area contributed by atoms with E-state index in [1.165, 1.54) is 0 Å². The number of anilines is 1. The highest BCUT2D eigenvalue weighted by Gasteiger charge is 2.33. The Kier molecular flexibility index (Phi) is 6.08. The van der Waals surface area contributed by atoms with Crippen molar-refractivity contribution in [1.82, 2.24) is 14.7 Å². The average Bonchev–Trinajstić information content (AvgIpc) is 3.09. The van der Waals surface area contributed by atoms with Gasteiger partial charge in [0.05, 0.1) is 18.7 Å². The average molecular weight is 403 g/mol. The van der Waals surface area contributed by atoms with Crippen LogP contribution in [0.15, 0.2) is 36.5 Å². The van der Waals surface area contributed by atoms with Crippen LogP contribution in [0.2, 0.25) is 5.02 Å². The summed E-state index contributed by atoms with van der Waals surface area (Å²) in [6.07, 6.45) is 3.29. The summed E-state index contributed by atoms with van der Waals surface area (Å²) in [6, 6.07) is 9.33. The van der Waals surface area contributed by atoms with Crippen LogP contribution in [0.5, 0.6) is 0 Å². The molecule has 2 heterocycles. The monoisotopic (exact) mass is 402 g/mol. The van der Waals surface area contributed by atoms with Gasteiger partial charge in [0.2, 0.25) is 11.8 Å². The Morgan fingerprint density at radius 1 is 1.21 bits per heavy atom. The maximum Gasteiger partial charge on any atom is 0.230 e. The molecule has 1 unspecified atom stereocenters. The number of likely N-dealkylation sites (tertiary alicyclic amines) is 1. The molecule has 1 N–H and O–H groups in total. The van der Waals surface area contributed by atoms with Crippen LogP contribution in [0.25, 0.3) is 0 Å². The fourth-order valence-electron chi connectivity index (χ4n) is 3.41. The Morgan fingerprint density at radius 2 is 1.93 bits per heavy atom. The molecule has 1 aliphatic rings. The summed E-state index contributed by atoms with van der Waals surface area (Å²) in [5, 5.41) is 7.98. The number of benzene rings is 1. The van der Waals surface area contributed by atoms with Crippen LogP contribution in [-0.4, -0.2) is 39.6 Å². The Bertz CT molecular complexity index is 839. The first-order valence-corrected chi connectivity index (χ1v) is 9.98. The number of carbonyl (C=O) groups excluding carboxylic acids is 2. The van der Waals surface area contributed by atoms with Gasteiger partial charge in [-0.1, -0.05) is 44.5 Å². The smallest absolute Gasteiger partial charge is 0.230 e. The summed E-state index contributed by atoms with van der Waals surface area (Å²) in [5.41, 5.74) is 0.610. The Balaban J connectivity index is 1.64. The van der Waals surface area contributed by atoms with Gasteiger partial charge < -0.3 is 10.2 Å². The molecule has 7 heteroatoms. The minimum absolute atomic E-state index is 0.0655. The number of piperidine rings is 1. The minimum atomic E-state index is -0.435. The van der Waals surface area contributed by atoms with E-state index in [0.29, 0.717) is 30.5 Å². The van der Waals surface area contributed by atoms with Gasteiger partial charge in [-0.2, -0.15) is 5.10 Å². The van der Waals surface area contributed by atoms with Crippen molar-refractivity contribution in [3.05, 3.63) is 47.1 Å². The molecule has 1 aromatic carbocycles. The lowest BCUT2D eigenvalue weighted by Crippen LogP contribution is -2.47. The van der Waals surface area contributed by atoms with Crippen LogP contribution >= 0.6 is 11.6 Å². The van der Waals surface area contributed by atoms with Crippen molar-refractivity contribution in [2.45, 2.75) is 40.2 Å². The predicted octanol–water partition coefficient (Wildman–Crippen LogP) is 3.81. The molecule has 1 fully saturated rings. The molecular formula is C21H27ClN4O2. The van der Waals surface area contributed by atoms with Gasteiger partial charge >= 0.3 is 0 Å². The third kappa shape index (κ3) is 4.93. The standard InChI is InChI=1S/C21H27ClN4O2/c1-21(2,3)20(28)25-12-4-5-16(14-25)19(27)24-18-10-11-23-26(18)13-15-6-8-17(22)9-7-15/h6-11,16H,4-5,12-14H2,1-3H3,(H,24,27). The number of nitrogens with one attached hydrogen (secondary N) is 1. The van der Waals surface area contributed by atoms with Gasteiger partial charge in [0.25, 0.3) is 0 Å². The lowest BCUT2D eigenvalue weighted by molar-refractivity contribution is -0.142. The summed E-state index contributed by atoms with van der Waals surface area (Å²) in [6.45, 7) is 7.46. The van der Waals surface area contributed by atoms with Crippen LogP contribution in [0.1, 0.15) is 39.2 Å². The minimum Gasteiger partial charge on any atom is -0.341 e. The number of rotatable bonds is 4. The van der Waals surface area contributed by atoms with Crippen LogP contribution in [0, 0.1) is 11.3 Å². The number of hydrogen-bond acceptors (Lipinski definition) is 3. The molecule has 2 aromatic rings. The molecule has 28 heavy (non-hydrogen) atoms. The van der Waals surface area contributed by atoms with E-state index in [4.69, 9.17) is 11.6 Å². The van der Waals surface area contributed by atoms with Crippen LogP contribution < -0.4 is 5.32 Å². The first-order chi connectivity index (χ1) is 13.2. The first-order valence-electron chi connectivity index (χ1n) is 9.60. The van der Waals surface area contributed by atoms with E-state index >= 15 is 0 Å². The van der Waals surface area contributed by atoms with Gasteiger partial charge in [-0.3, -0.25) is 9.59 Å². The van der Waals surface area contributed by atoms with Crippen LogP contribution in [-0.2, 0) is 16.1 Å². The third-order valence-electron chi connectivity index (χ3n) is 4.93. The van der Waals surface area contributed by atoms with E-state index < -0.39 is 5.41 Å². The highest BCUT2D eigenvalue weighted by atomic mass is 35.5. The van der Waals surface area contributed by atoms with E-state index in [0.717, 1.165) is 18.4 Å². The van der Waals surface area contributed by atoms with Crippen molar-refractivity contribution in [2.24, 2.45) is 11.3 Å². The number of aromatic nitrogens is 2. The zero-order valence-corrected chi connectivity index (χ0v) is 17.4. The fraction of sp³-hybridized carbons (Fsp3) is 0.476. The molecule has 150 valence electrons. The van der Waals surface area contributed by atoms with E-state index in [2.05, 4.69) is 10.4 Å². The topological polar surface area (TPSA) is 67.2 Å². The van der Waals surface area contributed by atoms with Gasteiger partial charge in [0.15, 0.2) is 0 Å². The summed E-state index contributed by atoms with van der Waals surface area (Å²) < 4.78 is 1.75. The molecule has 3 rings (SSSR count). The van der Waals surface area contributed by atoms with E-state index in [1.54, 1.807) is 16.9 Å². The van der Waals surface area contributed by atoms with Crippen molar-refractivity contribution in [2.75, 3.05) is 18.4 Å². The van der Waals surface area contributed by atoms with Crippen molar-refractivity contribution in [3.8, 4) is 0 Å². The van der Waals surface area contributed by atoms with Crippen molar-refractivity contribution >= 4 is 29.2 Å². The molecule has 0 bridgehead atoms. The Hall–Kier alpha value is -2.34. The zero-order valence-electron chi connectivity index (χ0n) is 16.6. The SMILES string of the molecule is CC(C)(C)C(=O)N1CCCC(C(=O)Nc2ccnn2Cc2ccc(Cl)cc2)C1. The number of amides is 2. The number of carbonyl (C=O) groups is 2. The van der Waals surface area contributed by atoms with Gasteiger partial charge in [-0.05, 0) is 30.5 Å². The molecule has 1 saturated heterocycles. The largest absolute Gasteiger partial charge is 0.341 e. The molecular weight excluding hydrogens is 376 g/mol. The predicted molar refractivity (Wildman–Crippen MR) is 110 cm³/mol. The molecule has 2 amide bonds. The second-order valence-electron chi connectivity index (χ2n) is 8.33. The number of halogens is 1. The van der Waals surface area contributed by atoms with Crippen molar-refractivity contribution in [1.29, 1.82) is 0 Å². The summed E-state index contributed by atoms with van der Waals surface area (Å²) in [7, 11) is 0. The molecule has 1 aliphatic heterocycles. The molecule has 0 saturated carbocycles. The molecule has 1 aromatic heterocycles. The van der Waals surface area contributed by atoms with E-state index in [9.17, 15) is 9.59 Å². The number of hydrogen-bond donors (Lipinski definition) is 1. The van der Waals surface area contributed by atoms with Gasteiger partial charge in [0, 0.05) is 29.6 Å². The third-order valence-corrected chi connectivity index (χ3v) is 5.19. The van der Waals surface area contributed by atoms with Crippen molar-refractivity contribution in [3.63, 3.8) is 0 Å². The quantitative estimate of drug-likeness (QED) is 0.845. The zero-order chi connectivity index (χ0) is 20.3. The molecule has 0 aliphatic carbocycles. The lowest BCUT2D eigenvalue weighted by atomic mass is 9.91. The lowest BCUT2D eigenvalue weighted by Gasteiger charge is -2.35. The Morgan fingerprint density at radius 3 is 2.61 bits per heavy atom. The first kappa shape index (κ1) is 20.4. The fourth-order valence-corrected chi connectivity index (χ4v) is 3.53. The van der Waals surface area contributed by atoms with E-state index in [1.807, 2.05) is 49.9 Å². The second-order valence-corrected chi connectivity index (χ2v) is 8.77. The maximum atomic E-state index is 12.8. The van der Waals surface area contributed by atoms with Crippen LogP contribution in [0.3, 0.4) is 0 Å². The van der Waals surface area contributed by atoms with Gasteiger partial charge in [0.1, 0.15) is 5.82 Å². The molecule has 6 nitrogen and oxygen atoms in total. The van der Waals surface area contributed by atoms with Crippen LogP contribution in [0.4, 0.5) is 5.82 Å². The molecule has 0 spiro atoms. The Labute approximate surface area is 170 Å². The maximum absolute atomic E-state index is 12.8. The summed E-state index contributed by atoms with van der Waals surface area (Å²) in [5.74, 6) is 0.472.